The van der Waals surface area contributed by atoms with Crippen LogP contribution >= 0.6 is 0 Å². The topological polar surface area (TPSA) is 63.6 Å². The van der Waals surface area contributed by atoms with E-state index in [4.69, 9.17) is 9.84 Å². The first-order chi connectivity index (χ1) is 11.6. The molecule has 0 amide bonds. The fourth-order valence-electron chi connectivity index (χ4n) is 5.49. The van der Waals surface area contributed by atoms with Gasteiger partial charge in [-0.25, -0.2) is 4.79 Å². The van der Waals surface area contributed by atoms with Crippen LogP contribution in [0.3, 0.4) is 0 Å². The number of ether oxygens (including phenoxy) is 1. The van der Waals surface area contributed by atoms with E-state index in [0.717, 1.165) is 44.1 Å². The first-order valence-corrected chi connectivity index (χ1v) is 9.66. The van der Waals surface area contributed by atoms with Gasteiger partial charge in [-0.15, -0.1) is 0 Å². The largest absolute Gasteiger partial charge is 0.481 e. The first kappa shape index (κ1) is 20.0. The van der Waals surface area contributed by atoms with Crippen molar-refractivity contribution in [2.45, 2.75) is 72.6 Å². The molecule has 0 spiro atoms. The van der Waals surface area contributed by atoms with Crippen molar-refractivity contribution in [2.75, 3.05) is 7.11 Å². The summed E-state index contributed by atoms with van der Waals surface area (Å²) in [5.41, 5.74) is 0.874. The summed E-state index contributed by atoms with van der Waals surface area (Å²) in [6, 6.07) is 0. The van der Waals surface area contributed by atoms with Gasteiger partial charge < -0.3 is 9.84 Å². The zero-order chi connectivity index (χ0) is 18.8. The number of rotatable bonds is 6. The molecule has 0 aromatic heterocycles. The van der Waals surface area contributed by atoms with E-state index in [1.165, 1.54) is 7.11 Å². The molecule has 1 N–H and O–H groups in total. The Hall–Kier alpha value is -1.32. The van der Waals surface area contributed by atoms with Gasteiger partial charge in [0.05, 0.1) is 7.11 Å². The van der Waals surface area contributed by atoms with Crippen LogP contribution in [-0.2, 0) is 14.3 Å². The Kier molecular flexibility index (Phi) is 6.01. The van der Waals surface area contributed by atoms with Gasteiger partial charge in [-0.3, -0.25) is 4.79 Å². The summed E-state index contributed by atoms with van der Waals surface area (Å²) in [6.45, 7) is 8.97. The van der Waals surface area contributed by atoms with Crippen LogP contribution < -0.4 is 0 Å². The highest BCUT2D eigenvalue weighted by atomic mass is 16.5. The molecular formula is C21H34O4. The van der Waals surface area contributed by atoms with E-state index in [1.54, 1.807) is 0 Å². The van der Waals surface area contributed by atoms with E-state index in [0.29, 0.717) is 11.8 Å². The molecule has 142 valence electrons. The minimum atomic E-state index is -0.715. The summed E-state index contributed by atoms with van der Waals surface area (Å²) in [4.78, 5) is 23.3. The number of carboxylic acid groups (broad SMARTS) is 1. The maximum atomic E-state index is 12.4. The van der Waals surface area contributed by atoms with Crippen LogP contribution in [0.5, 0.6) is 0 Å². The Bertz CT molecular complexity index is 552. The number of methoxy groups -OCH3 is 1. The highest BCUT2D eigenvalue weighted by molar-refractivity contribution is 5.90. The number of hydrogen-bond donors (Lipinski definition) is 1. The van der Waals surface area contributed by atoms with Crippen molar-refractivity contribution < 1.29 is 19.4 Å². The molecule has 1 fully saturated rings. The Morgan fingerprint density at radius 2 is 2.04 bits per heavy atom. The van der Waals surface area contributed by atoms with E-state index in [1.807, 2.05) is 6.92 Å². The Balaban J connectivity index is 2.24. The SMILES string of the molecule is COC(=O)C1=CCC[C@@H]2[C@@](C)(CCC(C)CC(=O)O)[C@H](C)CC[C@]12C. The number of fused-ring (bicyclic) bond motifs is 1. The molecule has 2 aliphatic carbocycles. The molecule has 0 radical (unpaired) electrons. The summed E-state index contributed by atoms with van der Waals surface area (Å²) in [5, 5.41) is 9.03. The quantitative estimate of drug-likeness (QED) is 0.697. The van der Waals surface area contributed by atoms with Gasteiger partial charge in [-0.2, -0.15) is 0 Å². The predicted molar refractivity (Wildman–Crippen MR) is 98.1 cm³/mol. The van der Waals surface area contributed by atoms with Crippen LogP contribution in [0, 0.1) is 28.6 Å². The van der Waals surface area contributed by atoms with Crippen LogP contribution in [0.25, 0.3) is 0 Å². The second-order valence-electron chi connectivity index (χ2n) is 8.84. The second-order valence-corrected chi connectivity index (χ2v) is 8.84. The highest BCUT2D eigenvalue weighted by Gasteiger charge is 2.55. The zero-order valence-electron chi connectivity index (χ0n) is 16.4. The molecule has 25 heavy (non-hydrogen) atoms. The van der Waals surface area contributed by atoms with Gasteiger partial charge >= 0.3 is 11.9 Å². The number of hydrogen-bond acceptors (Lipinski definition) is 3. The summed E-state index contributed by atoms with van der Waals surface area (Å²) < 4.78 is 5.07. The predicted octanol–water partition coefficient (Wildman–Crippen LogP) is 4.83. The third-order valence-corrected chi connectivity index (χ3v) is 7.31. The fourth-order valence-corrected chi connectivity index (χ4v) is 5.49. The molecule has 2 aliphatic rings. The van der Waals surface area contributed by atoms with Gasteiger partial charge in [-0.05, 0) is 61.7 Å². The van der Waals surface area contributed by atoms with Crippen molar-refractivity contribution >= 4 is 11.9 Å². The van der Waals surface area contributed by atoms with Crippen LogP contribution in [0.2, 0.25) is 0 Å². The average molecular weight is 350 g/mol. The zero-order valence-corrected chi connectivity index (χ0v) is 16.4. The third kappa shape index (κ3) is 3.78. The molecule has 1 saturated carbocycles. The van der Waals surface area contributed by atoms with Crippen LogP contribution in [0.1, 0.15) is 72.6 Å². The molecule has 0 saturated heterocycles. The molecule has 0 aromatic rings. The second kappa shape index (κ2) is 7.51. The standard InChI is InChI=1S/C21H34O4/c1-14(13-18(22)23)9-11-20(3)15(2)10-12-21(4)16(19(24)25-5)7-6-8-17(20)21/h7,14-15,17H,6,8-13H2,1-5H3,(H,22,23)/t14?,15-,17-,20+,21-/m1/s1. The summed E-state index contributed by atoms with van der Waals surface area (Å²) in [5.74, 6) is 0.324. The Labute approximate surface area is 152 Å². The average Bonchev–Trinajstić information content (AvgIpc) is 2.55. The van der Waals surface area contributed by atoms with Crippen LogP contribution in [0.4, 0.5) is 0 Å². The minimum Gasteiger partial charge on any atom is -0.481 e. The third-order valence-electron chi connectivity index (χ3n) is 7.31. The molecule has 0 aliphatic heterocycles. The van der Waals surface area contributed by atoms with Gasteiger partial charge in [0.15, 0.2) is 0 Å². The van der Waals surface area contributed by atoms with E-state index >= 15 is 0 Å². The number of carbonyl (C=O) groups is 2. The normalized spacial score (nSPS) is 36.1. The summed E-state index contributed by atoms with van der Waals surface area (Å²) in [7, 11) is 1.47. The van der Waals surface area contributed by atoms with Gasteiger partial charge in [0.1, 0.15) is 0 Å². The van der Waals surface area contributed by atoms with Gasteiger partial charge in [0.25, 0.3) is 0 Å². The fraction of sp³-hybridized carbons (Fsp3) is 0.810. The lowest BCUT2D eigenvalue weighted by Gasteiger charge is -2.58. The highest BCUT2D eigenvalue weighted by Crippen LogP contribution is 2.62. The molecular weight excluding hydrogens is 316 g/mol. The Morgan fingerprint density at radius 1 is 1.36 bits per heavy atom. The van der Waals surface area contributed by atoms with E-state index in [-0.39, 0.29) is 29.1 Å². The maximum Gasteiger partial charge on any atom is 0.333 e. The van der Waals surface area contributed by atoms with Crippen molar-refractivity contribution in [3.63, 3.8) is 0 Å². The molecule has 0 bridgehead atoms. The summed E-state index contributed by atoms with van der Waals surface area (Å²) >= 11 is 0. The molecule has 2 rings (SSSR count). The maximum absolute atomic E-state index is 12.4. The number of carbonyl (C=O) groups excluding carboxylic acids is 1. The van der Waals surface area contributed by atoms with Gasteiger partial charge in [0, 0.05) is 17.4 Å². The molecule has 0 heterocycles. The van der Waals surface area contributed by atoms with Crippen molar-refractivity contribution in [3.8, 4) is 0 Å². The lowest BCUT2D eigenvalue weighted by Crippen LogP contribution is -2.51. The molecule has 1 unspecified atom stereocenters. The smallest absolute Gasteiger partial charge is 0.333 e. The molecule has 4 heteroatoms. The lowest BCUT2D eigenvalue weighted by molar-refractivity contribution is -0.141. The summed E-state index contributed by atoms with van der Waals surface area (Å²) in [6.07, 6.45) is 8.44. The number of aliphatic carboxylic acids is 1. The minimum absolute atomic E-state index is 0.122. The molecule has 0 aromatic carbocycles. The number of esters is 1. The van der Waals surface area contributed by atoms with Crippen molar-refractivity contribution in [1.82, 2.24) is 0 Å². The van der Waals surface area contributed by atoms with Crippen molar-refractivity contribution in [3.05, 3.63) is 11.6 Å². The number of allylic oxidation sites excluding steroid dienone is 1. The van der Waals surface area contributed by atoms with Crippen molar-refractivity contribution in [2.24, 2.45) is 28.6 Å². The van der Waals surface area contributed by atoms with E-state index < -0.39 is 5.97 Å². The molecule has 4 nitrogen and oxygen atoms in total. The van der Waals surface area contributed by atoms with Gasteiger partial charge in [0.2, 0.25) is 0 Å². The monoisotopic (exact) mass is 350 g/mol. The Morgan fingerprint density at radius 3 is 2.64 bits per heavy atom. The van der Waals surface area contributed by atoms with Gasteiger partial charge in [-0.1, -0.05) is 33.8 Å². The lowest BCUT2D eigenvalue weighted by atomic mass is 9.46. The van der Waals surface area contributed by atoms with Crippen LogP contribution in [-0.4, -0.2) is 24.2 Å². The first-order valence-electron chi connectivity index (χ1n) is 9.66. The molecule has 5 atom stereocenters. The van der Waals surface area contributed by atoms with E-state index in [2.05, 4.69) is 26.8 Å². The van der Waals surface area contributed by atoms with Crippen molar-refractivity contribution in [1.29, 1.82) is 0 Å². The van der Waals surface area contributed by atoms with Crippen LogP contribution in [0.15, 0.2) is 11.6 Å². The van der Waals surface area contributed by atoms with E-state index in [9.17, 15) is 9.59 Å². The number of carboxylic acids is 1.